The van der Waals surface area contributed by atoms with Gasteiger partial charge in [0.15, 0.2) is 0 Å². The van der Waals surface area contributed by atoms with Crippen molar-refractivity contribution in [3.8, 4) is 0 Å². The number of carbonyl (C=O) groups excluding carboxylic acids is 1. The molecule has 2 atom stereocenters. The summed E-state index contributed by atoms with van der Waals surface area (Å²) in [6.07, 6.45) is -1.86. The molecule has 2 aromatic carbocycles. The molecule has 0 aromatic heterocycles. The van der Waals surface area contributed by atoms with E-state index in [2.05, 4.69) is 5.32 Å². The number of benzene rings is 2. The average molecular weight is 442 g/mol. The third kappa shape index (κ3) is 6.61. The van der Waals surface area contributed by atoms with Crippen molar-refractivity contribution in [1.29, 1.82) is 0 Å². The van der Waals surface area contributed by atoms with E-state index in [-0.39, 0.29) is 42.4 Å². The second kappa shape index (κ2) is 11.0. The molecule has 0 saturated carbocycles. The van der Waals surface area contributed by atoms with E-state index in [0.717, 1.165) is 36.1 Å². The van der Waals surface area contributed by atoms with Crippen LogP contribution in [0.1, 0.15) is 59.3 Å². The van der Waals surface area contributed by atoms with Gasteiger partial charge >= 0.3 is 31.0 Å². The van der Waals surface area contributed by atoms with Gasteiger partial charge in [0.25, 0.3) is 0 Å². The fourth-order valence-electron chi connectivity index (χ4n) is 3.82. The second-order valence-electron chi connectivity index (χ2n) is 7.83. The normalized spacial score (nSPS) is 17.8. The molecular weight excluding hydrogens is 416 g/mol. The van der Waals surface area contributed by atoms with Gasteiger partial charge in [-0.2, -0.15) is 13.2 Å². The van der Waals surface area contributed by atoms with Crippen molar-refractivity contribution in [3.63, 3.8) is 0 Å². The van der Waals surface area contributed by atoms with Crippen molar-refractivity contribution in [2.24, 2.45) is 0 Å². The first-order chi connectivity index (χ1) is 14.6. The fraction of sp³-hybridized carbons (Fsp3) is 0.391. The van der Waals surface area contributed by atoms with Crippen molar-refractivity contribution < 1.29 is 27.9 Å². The first-order valence-corrected chi connectivity index (χ1v) is 10.2. The molecule has 1 saturated heterocycles. The Hall–Kier alpha value is -2.27. The topological polar surface area (TPSA) is 69.6 Å². The molecule has 1 amide bonds. The van der Waals surface area contributed by atoms with Gasteiger partial charge in [-0.15, -0.1) is 0 Å². The van der Waals surface area contributed by atoms with Crippen molar-refractivity contribution in [2.45, 2.75) is 51.0 Å². The maximum atomic E-state index is 12.9. The van der Waals surface area contributed by atoms with E-state index < -0.39 is 17.7 Å². The van der Waals surface area contributed by atoms with E-state index in [9.17, 15) is 22.8 Å². The van der Waals surface area contributed by atoms with Gasteiger partial charge in [0, 0.05) is 6.54 Å². The Bertz CT molecular complexity index is 918. The summed E-state index contributed by atoms with van der Waals surface area (Å²) < 4.78 is 38.3. The molecule has 0 bridgehead atoms. The van der Waals surface area contributed by atoms with E-state index in [1.807, 2.05) is 11.8 Å². The van der Waals surface area contributed by atoms with Crippen LogP contribution in [0.15, 0.2) is 48.5 Å². The van der Waals surface area contributed by atoms with E-state index in [1.54, 1.807) is 12.1 Å². The average Bonchev–Trinajstić information content (AvgIpc) is 2.74. The summed E-state index contributed by atoms with van der Waals surface area (Å²) >= 11 is 0. The quantitative estimate of drug-likeness (QED) is 0.664. The Morgan fingerprint density at radius 2 is 1.72 bits per heavy atom. The van der Waals surface area contributed by atoms with E-state index in [4.69, 9.17) is 5.11 Å². The Morgan fingerprint density at radius 1 is 1.09 bits per heavy atom. The standard InChI is InChI=1S/C23H25F3N2O3.Li.H/c1-15(17-7-9-18(10-8-17)22(30)31)27-21(29)20-4-2-3-13-28(20)14-16-5-11-19(12-6-16)23(24,25)26;;/h5-12,15,20H,2-4,13-14H2,1H3,(H,27,29)(H,30,31);;/t15-,20+;;/m0../s1. The number of amides is 1. The summed E-state index contributed by atoms with van der Waals surface area (Å²) in [5.74, 6) is -1.15. The number of aromatic carboxylic acids is 1. The minimum atomic E-state index is -4.37. The van der Waals surface area contributed by atoms with Crippen LogP contribution in [0.25, 0.3) is 0 Å². The Kier molecular flexibility index (Phi) is 8.96. The Labute approximate surface area is 197 Å². The summed E-state index contributed by atoms with van der Waals surface area (Å²) in [5, 5.41) is 12.0. The molecule has 1 heterocycles. The van der Waals surface area contributed by atoms with Crippen molar-refractivity contribution in [3.05, 3.63) is 70.8 Å². The summed E-state index contributed by atoms with van der Waals surface area (Å²) in [6, 6.07) is 10.7. The Morgan fingerprint density at radius 3 is 2.28 bits per heavy atom. The van der Waals surface area contributed by atoms with Crippen molar-refractivity contribution in [2.75, 3.05) is 6.54 Å². The van der Waals surface area contributed by atoms with Gasteiger partial charge in [0.1, 0.15) is 0 Å². The number of nitrogens with zero attached hydrogens (tertiary/aromatic N) is 1. The van der Waals surface area contributed by atoms with Crippen molar-refractivity contribution in [1.82, 2.24) is 10.2 Å². The number of halogens is 3. The summed E-state index contributed by atoms with van der Waals surface area (Å²) in [6.45, 7) is 2.93. The minimum absolute atomic E-state index is 0. The third-order valence-electron chi connectivity index (χ3n) is 5.60. The van der Waals surface area contributed by atoms with E-state index in [1.165, 1.54) is 24.3 Å². The third-order valence-corrected chi connectivity index (χ3v) is 5.60. The molecular formula is C23H26F3LiN2O3. The van der Waals surface area contributed by atoms with Gasteiger partial charge in [-0.25, -0.2) is 4.79 Å². The molecule has 2 N–H and O–H groups in total. The van der Waals surface area contributed by atoms with Crippen LogP contribution in [-0.4, -0.2) is 53.3 Å². The molecule has 1 aliphatic rings. The predicted molar refractivity (Wildman–Crippen MR) is 117 cm³/mol. The zero-order valence-corrected chi connectivity index (χ0v) is 17.2. The number of likely N-dealkylation sites (tertiary alicyclic amines) is 1. The van der Waals surface area contributed by atoms with Crippen LogP contribution in [0, 0.1) is 0 Å². The van der Waals surface area contributed by atoms with Gasteiger partial charge < -0.3 is 10.4 Å². The summed E-state index contributed by atoms with van der Waals surface area (Å²) in [5.41, 5.74) is 1.01. The first kappa shape index (κ1) is 26.0. The van der Waals surface area contributed by atoms with Crippen LogP contribution in [0.5, 0.6) is 0 Å². The van der Waals surface area contributed by atoms with Gasteiger partial charge in [0.2, 0.25) is 5.91 Å². The molecule has 3 rings (SSSR count). The number of rotatable bonds is 6. The molecule has 5 nitrogen and oxygen atoms in total. The number of carbonyl (C=O) groups is 2. The fourth-order valence-corrected chi connectivity index (χ4v) is 3.82. The van der Waals surface area contributed by atoms with Gasteiger partial charge in [0.05, 0.1) is 23.2 Å². The zero-order chi connectivity index (χ0) is 22.6. The number of piperidine rings is 1. The van der Waals surface area contributed by atoms with Gasteiger partial charge in [-0.1, -0.05) is 30.7 Å². The molecule has 32 heavy (non-hydrogen) atoms. The van der Waals surface area contributed by atoms with Crippen LogP contribution in [0.3, 0.4) is 0 Å². The Balaban J connectivity index is 0.00000363. The van der Waals surface area contributed by atoms with Gasteiger partial charge in [-0.3, -0.25) is 9.69 Å². The number of hydrogen-bond acceptors (Lipinski definition) is 3. The van der Waals surface area contributed by atoms with E-state index in [0.29, 0.717) is 19.5 Å². The number of hydrogen-bond donors (Lipinski definition) is 2. The monoisotopic (exact) mass is 442 g/mol. The maximum absolute atomic E-state index is 12.9. The molecule has 0 aliphatic carbocycles. The van der Waals surface area contributed by atoms with Crippen LogP contribution in [0.2, 0.25) is 0 Å². The molecule has 9 heteroatoms. The molecule has 0 radical (unpaired) electrons. The number of nitrogens with one attached hydrogen (secondary N) is 1. The zero-order valence-electron chi connectivity index (χ0n) is 17.2. The molecule has 1 fully saturated rings. The summed E-state index contributed by atoms with van der Waals surface area (Å²) in [4.78, 5) is 25.9. The number of carboxylic acids is 1. The predicted octanol–water partition coefficient (Wildman–Crippen LogP) is 3.99. The number of alkyl halides is 3. The second-order valence-corrected chi connectivity index (χ2v) is 7.83. The van der Waals surface area contributed by atoms with Crippen LogP contribution in [-0.2, 0) is 17.5 Å². The van der Waals surface area contributed by atoms with Crippen LogP contribution < -0.4 is 5.32 Å². The molecule has 2 aromatic rings. The van der Waals surface area contributed by atoms with E-state index >= 15 is 0 Å². The van der Waals surface area contributed by atoms with Crippen molar-refractivity contribution >= 4 is 30.7 Å². The molecule has 168 valence electrons. The van der Waals surface area contributed by atoms with Crippen LogP contribution in [0.4, 0.5) is 13.2 Å². The molecule has 0 spiro atoms. The first-order valence-electron chi connectivity index (χ1n) is 10.2. The van der Waals surface area contributed by atoms with Gasteiger partial charge in [-0.05, 0) is 61.7 Å². The number of carboxylic acid groups (broad SMARTS) is 1. The molecule has 0 unspecified atom stereocenters. The summed E-state index contributed by atoms with van der Waals surface area (Å²) in [7, 11) is 0. The SMILES string of the molecule is C[C@H](NC(=O)[C@H]1CCCCN1Cc1ccc(C(F)(F)F)cc1)c1ccc(C(=O)O)cc1.[LiH]. The van der Waals surface area contributed by atoms with Crippen LogP contribution >= 0.6 is 0 Å². The molecule has 1 aliphatic heterocycles.